The van der Waals surface area contributed by atoms with E-state index in [2.05, 4.69) is 6.58 Å². The quantitative estimate of drug-likeness (QED) is 0.505. The molecule has 0 aromatic carbocycles. The van der Waals surface area contributed by atoms with Gasteiger partial charge in [0.15, 0.2) is 0 Å². The van der Waals surface area contributed by atoms with Crippen molar-refractivity contribution in [3.05, 3.63) is 35.8 Å². The normalized spacial score (nSPS) is 12.5. The van der Waals surface area contributed by atoms with Crippen LogP contribution in [0.1, 0.15) is 6.42 Å². The van der Waals surface area contributed by atoms with E-state index < -0.39 is 0 Å². The fourth-order valence-corrected chi connectivity index (χ4v) is 1.11. The molecule has 2 N–H and O–H groups in total. The van der Waals surface area contributed by atoms with Gasteiger partial charge in [-0.25, -0.2) is 0 Å². The van der Waals surface area contributed by atoms with E-state index in [0.717, 1.165) is 11.3 Å². The number of hydrogen-bond acceptors (Lipinski definition) is 4. The average molecular weight is 227 g/mol. The van der Waals surface area contributed by atoms with E-state index in [4.69, 9.17) is 19.9 Å². The summed E-state index contributed by atoms with van der Waals surface area (Å²) in [7, 11) is 4.81. The highest BCUT2D eigenvalue weighted by Crippen LogP contribution is 2.13. The maximum atomic E-state index is 5.51. The van der Waals surface area contributed by atoms with Crippen LogP contribution in [-0.2, 0) is 14.2 Å². The molecule has 0 rings (SSSR count). The third-order valence-corrected chi connectivity index (χ3v) is 2.04. The van der Waals surface area contributed by atoms with Crippen LogP contribution in [0.5, 0.6) is 0 Å². The lowest BCUT2D eigenvalue weighted by Crippen LogP contribution is -2.03. The number of hydrogen-bond donors (Lipinski definition) is 1. The smallest absolute Gasteiger partial charge is 0.121 e. The Morgan fingerprint density at radius 2 is 1.88 bits per heavy atom. The molecule has 0 saturated carbocycles. The van der Waals surface area contributed by atoms with Gasteiger partial charge in [0, 0.05) is 7.11 Å². The van der Waals surface area contributed by atoms with Crippen molar-refractivity contribution in [1.82, 2.24) is 0 Å². The standard InChI is InChI=1S/C12H21NO3/c1-10(15-3)11(7-8-13)5-6-12(16-4)9-14-2/h5-6H,1,7-9,13H2,2-4H3/b11-5-,12-6+. The first-order chi connectivity index (χ1) is 7.69. The van der Waals surface area contributed by atoms with Crippen LogP contribution < -0.4 is 5.73 Å². The Hall–Kier alpha value is -1.26. The first kappa shape index (κ1) is 14.7. The minimum absolute atomic E-state index is 0.433. The highest BCUT2D eigenvalue weighted by molar-refractivity contribution is 5.28. The Morgan fingerprint density at radius 1 is 1.19 bits per heavy atom. The third kappa shape index (κ3) is 5.58. The molecule has 0 unspecified atom stereocenters. The molecule has 92 valence electrons. The van der Waals surface area contributed by atoms with Crippen LogP contribution in [0.25, 0.3) is 0 Å². The Kier molecular flexibility index (Phi) is 8.29. The Labute approximate surface area is 97.4 Å². The molecule has 0 aromatic rings. The summed E-state index contributed by atoms with van der Waals surface area (Å²) in [5.74, 6) is 1.36. The Morgan fingerprint density at radius 3 is 2.31 bits per heavy atom. The molecular weight excluding hydrogens is 206 g/mol. The molecule has 16 heavy (non-hydrogen) atoms. The molecular formula is C12H21NO3. The molecule has 0 aliphatic carbocycles. The summed E-state index contributed by atoms with van der Waals surface area (Å²) < 4.78 is 15.2. The van der Waals surface area contributed by atoms with Gasteiger partial charge in [0.2, 0.25) is 0 Å². The molecule has 0 amide bonds. The lowest BCUT2D eigenvalue weighted by atomic mass is 10.1. The fraction of sp³-hybridized carbons (Fsp3) is 0.500. The molecule has 0 fully saturated rings. The molecule has 0 bridgehead atoms. The molecule has 0 heterocycles. The maximum Gasteiger partial charge on any atom is 0.121 e. The summed E-state index contributed by atoms with van der Waals surface area (Å²) in [5, 5.41) is 0. The second kappa shape index (κ2) is 9.00. The SMILES string of the molecule is C=C(OC)/C(=C\C=C(/COC)OC)CCN. The topological polar surface area (TPSA) is 53.7 Å². The molecule has 0 aromatic heterocycles. The van der Waals surface area contributed by atoms with Crippen molar-refractivity contribution in [2.45, 2.75) is 6.42 Å². The van der Waals surface area contributed by atoms with Crippen LogP contribution >= 0.6 is 0 Å². The number of methoxy groups -OCH3 is 3. The summed E-state index contributed by atoms with van der Waals surface area (Å²) in [6, 6.07) is 0. The van der Waals surface area contributed by atoms with Crippen LogP contribution in [0.3, 0.4) is 0 Å². The van der Waals surface area contributed by atoms with Gasteiger partial charge in [0.1, 0.15) is 18.1 Å². The van der Waals surface area contributed by atoms with Gasteiger partial charge >= 0.3 is 0 Å². The monoisotopic (exact) mass is 227 g/mol. The number of rotatable bonds is 8. The highest BCUT2D eigenvalue weighted by Gasteiger charge is 2.01. The van der Waals surface area contributed by atoms with Crippen molar-refractivity contribution in [2.75, 3.05) is 34.5 Å². The predicted molar refractivity (Wildman–Crippen MR) is 64.9 cm³/mol. The van der Waals surface area contributed by atoms with Crippen molar-refractivity contribution in [1.29, 1.82) is 0 Å². The second-order valence-corrected chi connectivity index (χ2v) is 3.13. The Bertz CT molecular complexity index is 269. The average Bonchev–Trinajstić information content (AvgIpc) is 2.31. The Balaban J connectivity index is 4.69. The van der Waals surface area contributed by atoms with Gasteiger partial charge in [0.05, 0.1) is 14.2 Å². The summed E-state index contributed by atoms with van der Waals surface area (Å²) >= 11 is 0. The number of nitrogens with two attached hydrogens (primary N) is 1. The van der Waals surface area contributed by atoms with Crippen molar-refractivity contribution >= 4 is 0 Å². The first-order valence-corrected chi connectivity index (χ1v) is 5.05. The van der Waals surface area contributed by atoms with Crippen molar-refractivity contribution < 1.29 is 14.2 Å². The number of allylic oxidation sites excluding steroid dienone is 3. The van der Waals surface area contributed by atoms with Crippen molar-refractivity contribution in [2.24, 2.45) is 5.73 Å². The zero-order valence-electron chi connectivity index (χ0n) is 10.3. The summed E-state index contributed by atoms with van der Waals surface area (Å²) in [4.78, 5) is 0. The van der Waals surface area contributed by atoms with Gasteiger partial charge < -0.3 is 19.9 Å². The molecule has 0 aliphatic heterocycles. The van der Waals surface area contributed by atoms with Crippen molar-refractivity contribution in [3.63, 3.8) is 0 Å². The second-order valence-electron chi connectivity index (χ2n) is 3.13. The largest absolute Gasteiger partial charge is 0.499 e. The third-order valence-electron chi connectivity index (χ3n) is 2.04. The van der Waals surface area contributed by atoms with Gasteiger partial charge in [-0.15, -0.1) is 0 Å². The van der Waals surface area contributed by atoms with Crippen LogP contribution in [-0.4, -0.2) is 34.5 Å². The van der Waals surface area contributed by atoms with Gasteiger partial charge in [-0.2, -0.15) is 0 Å². The van der Waals surface area contributed by atoms with E-state index in [-0.39, 0.29) is 0 Å². The molecule has 4 nitrogen and oxygen atoms in total. The minimum atomic E-state index is 0.433. The van der Waals surface area contributed by atoms with E-state index in [1.54, 1.807) is 21.3 Å². The summed E-state index contributed by atoms with van der Waals surface area (Å²) in [6.45, 7) is 4.78. The van der Waals surface area contributed by atoms with Gasteiger partial charge in [-0.1, -0.05) is 12.7 Å². The van der Waals surface area contributed by atoms with Crippen LogP contribution in [0.15, 0.2) is 35.8 Å². The van der Waals surface area contributed by atoms with E-state index >= 15 is 0 Å². The van der Waals surface area contributed by atoms with E-state index in [9.17, 15) is 0 Å². The molecule has 0 radical (unpaired) electrons. The lowest BCUT2D eigenvalue weighted by molar-refractivity contribution is 0.159. The predicted octanol–water partition coefficient (Wildman–Crippen LogP) is 1.60. The molecule has 0 saturated heterocycles. The van der Waals surface area contributed by atoms with Gasteiger partial charge in [-0.05, 0) is 24.6 Å². The van der Waals surface area contributed by atoms with E-state index in [1.807, 2.05) is 12.2 Å². The first-order valence-electron chi connectivity index (χ1n) is 5.05. The van der Waals surface area contributed by atoms with E-state index in [1.165, 1.54) is 0 Å². The molecule has 4 heteroatoms. The van der Waals surface area contributed by atoms with Crippen LogP contribution in [0.2, 0.25) is 0 Å². The summed E-state index contributed by atoms with van der Waals surface area (Å²) in [6.07, 6.45) is 4.43. The van der Waals surface area contributed by atoms with Gasteiger partial charge in [-0.3, -0.25) is 0 Å². The van der Waals surface area contributed by atoms with Crippen LogP contribution in [0.4, 0.5) is 0 Å². The zero-order valence-corrected chi connectivity index (χ0v) is 10.3. The van der Waals surface area contributed by atoms with Crippen molar-refractivity contribution in [3.8, 4) is 0 Å². The highest BCUT2D eigenvalue weighted by atomic mass is 16.5. The zero-order chi connectivity index (χ0) is 12.4. The molecule has 0 atom stereocenters. The summed E-state index contributed by atoms with van der Waals surface area (Å²) in [5.41, 5.74) is 6.46. The molecule has 0 aliphatic rings. The minimum Gasteiger partial charge on any atom is -0.499 e. The van der Waals surface area contributed by atoms with Gasteiger partial charge in [0.25, 0.3) is 0 Å². The fourth-order valence-electron chi connectivity index (χ4n) is 1.11. The molecule has 0 spiro atoms. The lowest BCUT2D eigenvalue weighted by Gasteiger charge is -2.08. The van der Waals surface area contributed by atoms with Crippen LogP contribution in [0, 0.1) is 0 Å². The van der Waals surface area contributed by atoms with E-state index in [0.29, 0.717) is 25.3 Å². The maximum absolute atomic E-state index is 5.51. The number of ether oxygens (including phenoxy) is 3.